The van der Waals surface area contributed by atoms with Crippen molar-refractivity contribution >= 4 is 72.0 Å². The van der Waals surface area contributed by atoms with E-state index in [1.165, 1.54) is 87.1 Å². The van der Waals surface area contributed by atoms with Crippen LogP contribution in [0.4, 0.5) is 28.4 Å². The molecule has 11 rings (SSSR count). The van der Waals surface area contributed by atoms with E-state index in [1.54, 1.807) is 0 Å². The average Bonchev–Trinajstić information content (AvgIpc) is 3.80. The van der Waals surface area contributed by atoms with E-state index in [0.29, 0.717) is 6.04 Å². The molecular formula is C54H44N4. The maximum atomic E-state index is 2.62. The van der Waals surface area contributed by atoms with Crippen molar-refractivity contribution in [3.63, 3.8) is 0 Å². The van der Waals surface area contributed by atoms with E-state index < -0.39 is 0 Å². The molecule has 0 unspecified atom stereocenters. The van der Waals surface area contributed by atoms with Crippen molar-refractivity contribution in [3.05, 3.63) is 200 Å². The minimum absolute atomic E-state index is 0.475. The summed E-state index contributed by atoms with van der Waals surface area (Å²) in [5, 5.41) is 4.96. The van der Waals surface area contributed by atoms with Crippen molar-refractivity contribution in [3.8, 4) is 11.4 Å². The van der Waals surface area contributed by atoms with Gasteiger partial charge in [-0.25, -0.2) is 0 Å². The number of para-hydroxylation sites is 5. The quantitative estimate of drug-likeness (QED) is 0.154. The molecule has 0 spiro atoms. The molecule has 1 saturated carbocycles. The van der Waals surface area contributed by atoms with Crippen molar-refractivity contribution in [1.82, 2.24) is 9.13 Å². The van der Waals surface area contributed by atoms with E-state index in [4.69, 9.17) is 0 Å². The summed E-state index contributed by atoms with van der Waals surface area (Å²) in [7, 11) is 0. The zero-order valence-corrected chi connectivity index (χ0v) is 32.5. The van der Waals surface area contributed by atoms with E-state index in [1.807, 2.05) is 0 Å². The summed E-state index contributed by atoms with van der Waals surface area (Å²) in [6.07, 6.45) is 6.31. The number of hydrogen-bond acceptors (Lipinski definition) is 2. The molecule has 8 aromatic carbocycles. The Morgan fingerprint density at radius 1 is 0.328 bits per heavy atom. The Kier molecular flexibility index (Phi) is 8.54. The third-order valence-corrected chi connectivity index (χ3v) is 12.2. The molecule has 0 bridgehead atoms. The fourth-order valence-electron chi connectivity index (χ4n) is 9.62. The van der Waals surface area contributed by atoms with Gasteiger partial charge in [0, 0.05) is 67.4 Å². The van der Waals surface area contributed by atoms with Crippen LogP contribution in [-0.4, -0.2) is 15.2 Å². The predicted molar refractivity (Wildman–Crippen MR) is 245 cm³/mol. The van der Waals surface area contributed by atoms with Gasteiger partial charge in [0.2, 0.25) is 0 Å². The Bertz CT molecular complexity index is 3030. The topological polar surface area (TPSA) is 16.3 Å². The van der Waals surface area contributed by atoms with E-state index in [-0.39, 0.29) is 0 Å². The van der Waals surface area contributed by atoms with Crippen molar-refractivity contribution < 1.29 is 0 Å². The number of hydrogen-bond donors (Lipinski definition) is 0. The largest absolute Gasteiger partial charge is 0.338 e. The van der Waals surface area contributed by atoms with Crippen LogP contribution >= 0.6 is 0 Å². The number of fused-ring (bicyclic) bond motifs is 6. The number of nitrogens with zero attached hydrogens (tertiary/aromatic N) is 4. The van der Waals surface area contributed by atoms with E-state index in [2.05, 4.69) is 219 Å². The van der Waals surface area contributed by atoms with Crippen LogP contribution in [0.15, 0.2) is 200 Å². The monoisotopic (exact) mass is 748 g/mol. The highest BCUT2D eigenvalue weighted by atomic mass is 15.2. The summed E-state index contributed by atoms with van der Waals surface area (Å²) in [5.41, 5.74) is 13.0. The molecule has 1 fully saturated rings. The van der Waals surface area contributed by atoms with Crippen molar-refractivity contribution in [2.45, 2.75) is 38.1 Å². The van der Waals surface area contributed by atoms with Crippen molar-refractivity contribution in [2.24, 2.45) is 0 Å². The molecule has 4 nitrogen and oxygen atoms in total. The standard InChI is InChI=1S/C54H44N4/c1-6-18-39(19-7-1)55(40-20-8-2-9-21-40)44-30-34-53-49(37-44)50-38-46(32-35-54(50)58(53)43-26-14-5-15-27-43)56(41-22-10-3-11-23-41)45-31-33-52-48(36-45)47-28-16-17-29-51(47)57(52)42-24-12-4-13-25-42/h1,3-7,10-19,22-38,40H,2,8-9,20-21H2. The first-order valence-electron chi connectivity index (χ1n) is 20.7. The first-order valence-corrected chi connectivity index (χ1v) is 20.7. The van der Waals surface area contributed by atoms with Gasteiger partial charge in [0.1, 0.15) is 0 Å². The first-order chi connectivity index (χ1) is 28.8. The van der Waals surface area contributed by atoms with Crippen LogP contribution in [-0.2, 0) is 0 Å². The van der Waals surface area contributed by atoms with E-state index in [9.17, 15) is 0 Å². The van der Waals surface area contributed by atoms with E-state index >= 15 is 0 Å². The molecule has 0 radical (unpaired) electrons. The van der Waals surface area contributed by atoms with Gasteiger partial charge in [-0.15, -0.1) is 0 Å². The Morgan fingerprint density at radius 3 is 1.29 bits per heavy atom. The van der Waals surface area contributed by atoms with Crippen LogP contribution in [0.5, 0.6) is 0 Å². The molecule has 0 N–H and O–H groups in total. The summed E-state index contributed by atoms with van der Waals surface area (Å²) in [6.45, 7) is 0. The van der Waals surface area contributed by atoms with Gasteiger partial charge < -0.3 is 18.9 Å². The first kappa shape index (κ1) is 34.2. The minimum atomic E-state index is 0.475. The normalized spacial score (nSPS) is 13.4. The SMILES string of the molecule is c1ccc(N(c2ccc3c(c2)c2ccccc2n3-c2ccccc2)c2ccc3c(c2)c2cc(N(c4ccccc4)C4CCCCC4)ccc2n3-c2ccccc2)cc1. The van der Waals surface area contributed by atoms with Crippen LogP contribution in [0, 0.1) is 0 Å². The zero-order chi connectivity index (χ0) is 38.4. The predicted octanol–water partition coefficient (Wildman–Crippen LogP) is 14.8. The van der Waals surface area contributed by atoms with E-state index in [0.717, 1.165) is 28.4 Å². The van der Waals surface area contributed by atoms with Gasteiger partial charge in [0.25, 0.3) is 0 Å². The van der Waals surface area contributed by atoms with Crippen LogP contribution in [0.3, 0.4) is 0 Å². The highest BCUT2D eigenvalue weighted by Crippen LogP contribution is 2.44. The number of anilines is 5. The maximum Gasteiger partial charge on any atom is 0.0542 e. The summed E-state index contributed by atoms with van der Waals surface area (Å²) < 4.78 is 4.82. The Hall–Kier alpha value is -7.04. The highest BCUT2D eigenvalue weighted by Gasteiger charge is 2.25. The van der Waals surface area contributed by atoms with Gasteiger partial charge in [-0.2, -0.15) is 0 Å². The van der Waals surface area contributed by atoms with Crippen LogP contribution in [0.1, 0.15) is 32.1 Å². The molecule has 2 heterocycles. The summed E-state index contributed by atoms with van der Waals surface area (Å²) in [5.74, 6) is 0. The third-order valence-electron chi connectivity index (χ3n) is 12.2. The van der Waals surface area contributed by atoms with Gasteiger partial charge >= 0.3 is 0 Å². The fraction of sp³-hybridized carbons (Fsp3) is 0.111. The van der Waals surface area contributed by atoms with Crippen molar-refractivity contribution in [1.29, 1.82) is 0 Å². The van der Waals surface area contributed by atoms with Gasteiger partial charge in [-0.05, 0) is 122 Å². The summed E-state index contributed by atoms with van der Waals surface area (Å²) in [4.78, 5) is 5.03. The van der Waals surface area contributed by atoms with Gasteiger partial charge in [0.05, 0.1) is 22.1 Å². The zero-order valence-electron chi connectivity index (χ0n) is 32.5. The lowest BCUT2D eigenvalue weighted by Crippen LogP contribution is -2.32. The molecule has 0 aliphatic heterocycles. The third kappa shape index (κ3) is 5.83. The number of benzene rings is 8. The molecule has 0 amide bonds. The summed E-state index contributed by atoms with van der Waals surface area (Å²) >= 11 is 0. The molecule has 0 atom stereocenters. The lowest BCUT2D eigenvalue weighted by molar-refractivity contribution is 0.436. The van der Waals surface area contributed by atoms with Crippen LogP contribution in [0.2, 0.25) is 0 Å². The van der Waals surface area contributed by atoms with Crippen LogP contribution in [0.25, 0.3) is 55.0 Å². The molecule has 0 saturated heterocycles. The molecule has 1 aliphatic carbocycles. The molecule has 1 aliphatic rings. The molecular weight excluding hydrogens is 705 g/mol. The summed E-state index contributed by atoms with van der Waals surface area (Å²) in [6, 6.07) is 73.7. The molecule has 10 aromatic rings. The average molecular weight is 749 g/mol. The number of rotatable bonds is 8. The fourth-order valence-corrected chi connectivity index (χ4v) is 9.62. The second kappa shape index (κ2) is 14.5. The number of aromatic nitrogens is 2. The second-order valence-electron chi connectivity index (χ2n) is 15.6. The molecule has 58 heavy (non-hydrogen) atoms. The van der Waals surface area contributed by atoms with Gasteiger partial charge in [0.15, 0.2) is 0 Å². The minimum Gasteiger partial charge on any atom is -0.338 e. The Labute approximate surface area is 339 Å². The van der Waals surface area contributed by atoms with Gasteiger partial charge in [-0.1, -0.05) is 110 Å². The molecule has 2 aromatic heterocycles. The maximum absolute atomic E-state index is 2.62. The smallest absolute Gasteiger partial charge is 0.0542 e. The highest BCUT2D eigenvalue weighted by molar-refractivity contribution is 6.13. The van der Waals surface area contributed by atoms with Crippen LogP contribution < -0.4 is 9.80 Å². The second-order valence-corrected chi connectivity index (χ2v) is 15.6. The van der Waals surface area contributed by atoms with Crippen molar-refractivity contribution in [2.75, 3.05) is 9.80 Å². The molecule has 4 heteroatoms. The Balaban J connectivity index is 1.13. The lowest BCUT2D eigenvalue weighted by atomic mass is 9.93. The Morgan fingerprint density at radius 2 is 0.741 bits per heavy atom. The lowest BCUT2D eigenvalue weighted by Gasteiger charge is -2.36. The van der Waals surface area contributed by atoms with Gasteiger partial charge in [-0.3, -0.25) is 0 Å². The molecule has 280 valence electrons.